The Kier molecular flexibility index (Phi) is 4.22. The van der Waals surface area contributed by atoms with E-state index in [-0.39, 0.29) is 0 Å². The maximum Gasteiger partial charge on any atom is 0.164 e. The predicted molar refractivity (Wildman–Crippen MR) is 116 cm³/mol. The summed E-state index contributed by atoms with van der Waals surface area (Å²) >= 11 is 12.8. The molecule has 1 aliphatic rings. The van der Waals surface area contributed by atoms with Crippen molar-refractivity contribution in [3.05, 3.63) is 81.6 Å². The fourth-order valence-electron chi connectivity index (χ4n) is 3.89. The fourth-order valence-corrected chi connectivity index (χ4v) is 4.39. The molecule has 2 aromatic carbocycles. The number of rotatable bonds is 2. The van der Waals surface area contributed by atoms with E-state index >= 15 is 0 Å². The van der Waals surface area contributed by atoms with Gasteiger partial charge in [0.25, 0.3) is 0 Å². The number of benzene rings is 2. The molecule has 3 nitrogen and oxygen atoms in total. The molecular formula is C23H17Cl2N3. The van der Waals surface area contributed by atoms with Crippen LogP contribution in [0.15, 0.2) is 54.6 Å². The molecule has 0 amide bonds. The van der Waals surface area contributed by atoms with E-state index in [1.54, 1.807) is 6.07 Å². The molecule has 4 aromatic rings. The number of halogens is 2. The van der Waals surface area contributed by atoms with E-state index in [4.69, 9.17) is 33.3 Å². The monoisotopic (exact) mass is 405 g/mol. The minimum Gasteiger partial charge on any atom is -0.232 e. The Balaban J connectivity index is 1.91. The van der Waals surface area contributed by atoms with E-state index in [0.29, 0.717) is 10.0 Å². The van der Waals surface area contributed by atoms with Crippen molar-refractivity contribution < 1.29 is 0 Å². The van der Waals surface area contributed by atoms with Gasteiger partial charge < -0.3 is 0 Å². The third-order valence-electron chi connectivity index (χ3n) is 5.14. The lowest BCUT2D eigenvalue weighted by molar-refractivity contribution is 0.864. The van der Waals surface area contributed by atoms with Crippen LogP contribution in [-0.4, -0.2) is 14.8 Å². The molecule has 0 unspecified atom stereocenters. The maximum atomic E-state index is 6.63. The highest BCUT2D eigenvalue weighted by molar-refractivity contribution is 6.36. The number of hydrogen-bond donors (Lipinski definition) is 0. The van der Waals surface area contributed by atoms with Crippen molar-refractivity contribution in [2.24, 2.45) is 0 Å². The molecule has 0 saturated heterocycles. The van der Waals surface area contributed by atoms with Gasteiger partial charge in [-0.2, -0.15) is 5.10 Å². The van der Waals surface area contributed by atoms with Crippen LogP contribution in [0.1, 0.15) is 23.4 Å². The summed E-state index contributed by atoms with van der Waals surface area (Å²) in [6.45, 7) is 2.02. The molecule has 0 N–H and O–H groups in total. The van der Waals surface area contributed by atoms with Gasteiger partial charge in [0.1, 0.15) is 0 Å². The fraction of sp³-hybridized carbons (Fsp3) is 0.130. The van der Waals surface area contributed by atoms with E-state index in [1.807, 2.05) is 54.1 Å². The Morgan fingerprint density at radius 3 is 2.64 bits per heavy atom. The minimum atomic E-state index is 0.625. The summed E-state index contributed by atoms with van der Waals surface area (Å²) in [5.74, 6) is 0. The first-order chi connectivity index (χ1) is 13.6. The summed E-state index contributed by atoms with van der Waals surface area (Å²) in [5.41, 5.74) is 7.02. The predicted octanol–water partition coefficient (Wildman–Crippen LogP) is 6.66. The largest absolute Gasteiger partial charge is 0.232 e. The average Bonchev–Trinajstić information content (AvgIpc) is 3.04. The Morgan fingerprint density at radius 2 is 1.86 bits per heavy atom. The normalized spacial score (nSPS) is 13.1. The quantitative estimate of drug-likeness (QED) is 0.373. The van der Waals surface area contributed by atoms with Crippen LogP contribution in [0.3, 0.4) is 0 Å². The molecule has 28 heavy (non-hydrogen) atoms. The zero-order chi connectivity index (χ0) is 19.3. The first kappa shape index (κ1) is 17.5. The van der Waals surface area contributed by atoms with Gasteiger partial charge in [-0.25, -0.2) is 9.67 Å². The van der Waals surface area contributed by atoms with Gasteiger partial charge >= 0.3 is 0 Å². The lowest BCUT2D eigenvalue weighted by Gasteiger charge is -2.17. The van der Waals surface area contributed by atoms with Gasteiger partial charge in [0.2, 0.25) is 0 Å². The molecule has 2 heterocycles. The van der Waals surface area contributed by atoms with Crippen LogP contribution in [0.25, 0.3) is 33.9 Å². The molecule has 0 atom stereocenters. The van der Waals surface area contributed by atoms with Gasteiger partial charge in [-0.15, -0.1) is 0 Å². The second-order valence-electron chi connectivity index (χ2n) is 6.94. The van der Waals surface area contributed by atoms with E-state index in [9.17, 15) is 0 Å². The van der Waals surface area contributed by atoms with Crippen LogP contribution >= 0.6 is 23.2 Å². The number of para-hydroxylation sites is 1. The molecule has 5 heteroatoms. The lowest BCUT2D eigenvalue weighted by Crippen LogP contribution is -2.04. The minimum absolute atomic E-state index is 0.625. The smallest absolute Gasteiger partial charge is 0.164 e. The number of nitrogens with zero attached hydrogens (tertiary/aromatic N) is 3. The molecule has 0 fully saturated rings. The van der Waals surface area contributed by atoms with E-state index in [0.717, 1.165) is 57.6 Å². The van der Waals surface area contributed by atoms with Crippen LogP contribution in [0.2, 0.25) is 10.0 Å². The van der Waals surface area contributed by atoms with Crippen LogP contribution < -0.4 is 0 Å². The summed E-state index contributed by atoms with van der Waals surface area (Å²) < 4.78 is 1.93. The van der Waals surface area contributed by atoms with Crippen LogP contribution in [0, 0.1) is 6.92 Å². The Morgan fingerprint density at radius 1 is 1.04 bits per heavy atom. The zero-order valence-corrected chi connectivity index (χ0v) is 16.8. The zero-order valence-electron chi connectivity index (χ0n) is 15.3. The maximum absolute atomic E-state index is 6.63. The highest BCUT2D eigenvalue weighted by atomic mass is 35.5. The van der Waals surface area contributed by atoms with Gasteiger partial charge in [0.15, 0.2) is 5.65 Å². The SMILES string of the molecule is Cc1nn(-c2ccccc2)c2nc3c(c(-c4ccc(Cl)cc4Cl)c12)C=CCC3. The molecule has 0 radical (unpaired) electrons. The van der Waals surface area contributed by atoms with Crippen LogP contribution in [0.5, 0.6) is 0 Å². The number of allylic oxidation sites excluding steroid dienone is 1. The third-order valence-corrected chi connectivity index (χ3v) is 5.69. The molecule has 0 aliphatic heterocycles. The average molecular weight is 406 g/mol. The van der Waals surface area contributed by atoms with Crippen molar-refractivity contribution in [3.63, 3.8) is 0 Å². The topological polar surface area (TPSA) is 30.7 Å². The van der Waals surface area contributed by atoms with Crippen molar-refractivity contribution in [3.8, 4) is 16.8 Å². The summed E-state index contributed by atoms with van der Waals surface area (Å²) in [5, 5.41) is 7.11. The molecule has 0 bridgehead atoms. The summed E-state index contributed by atoms with van der Waals surface area (Å²) in [6.07, 6.45) is 6.24. The second-order valence-corrected chi connectivity index (χ2v) is 7.79. The molecule has 5 rings (SSSR count). The van der Waals surface area contributed by atoms with Gasteiger partial charge in [0, 0.05) is 26.7 Å². The van der Waals surface area contributed by atoms with Gasteiger partial charge in [-0.3, -0.25) is 0 Å². The summed E-state index contributed by atoms with van der Waals surface area (Å²) in [6, 6.07) is 15.8. The van der Waals surface area contributed by atoms with Gasteiger partial charge in [-0.05, 0) is 44.0 Å². The van der Waals surface area contributed by atoms with Crippen molar-refractivity contribution in [1.29, 1.82) is 0 Å². The Labute approximate surface area is 173 Å². The molecular weight excluding hydrogens is 389 g/mol. The summed E-state index contributed by atoms with van der Waals surface area (Å²) in [7, 11) is 0. The molecule has 0 spiro atoms. The molecule has 2 aromatic heterocycles. The summed E-state index contributed by atoms with van der Waals surface area (Å²) in [4.78, 5) is 5.03. The highest BCUT2D eigenvalue weighted by Gasteiger charge is 2.23. The van der Waals surface area contributed by atoms with Gasteiger partial charge in [0.05, 0.1) is 22.5 Å². The third kappa shape index (κ3) is 2.74. The van der Waals surface area contributed by atoms with Crippen LogP contribution in [-0.2, 0) is 6.42 Å². The second kappa shape index (κ2) is 6.77. The van der Waals surface area contributed by atoms with E-state index < -0.39 is 0 Å². The standard InChI is InChI=1S/C23H17Cl2N3/c1-14-21-22(17-12-11-15(24)13-19(17)25)18-9-5-6-10-20(18)26-23(21)28(27-14)16-7-3-2-4-8-16/h2-5,7-9,11-13H,6,10H2,1H3. The Hall–Kier alpha value is -2.62. The van der Waals surface area contributed by atoms with E-state index in [2.05, 4.69) is 12.2 Å². The number of aromatic nitrogens is 3. The Bertz CT molecular complexity index is 1240. The number of aryl methyl sites for hydroxylation is 2. The van der Waals surface area contributed by atoms with E-state index in [1.165, 1.54) is 0 Å². The number of hydrogen-bond acceptors (Lipinski definition) is 2. The van der Waals surface area contributed by atoms with Crippen molar-refractivity contribution in [2.45, 2.75) is 19.8 Å². The lowest BCUT2D eigenvalue weighted by atomic mass is 9.91. The van der Waals surface area contributed by atoms with Crippen molar-refractivity contribution >= 4 is 40.3 Å². The van der Waals surface area contributed by atoms with Gasteiger partial charge in [-0.1, -0.05) is 59.6 Å². The van der Waals surface area contributed by atoms with Crippen LogP contribution in [0.4, 0.5) is 0 Å². The van der Waals surface area contributed by atoms with Crippen molar-refractivity contribution in [2.75, 3.05) is 0 Å². The number of pyridine rings is 1. The first-order valence-corrected chi connectivity index (χ1v) is 9.98. The molecule has 0 saturated carbocycles. The number of fused-ring (bicyclic) bond motifs is 2. The first-order valence-electron chi connectivity index (χ1n) is 9.23. The highest BCUT2D eigenvalue weighted by Crippen LogP contribution is 2.41. The van der Waals surface area contributed by atoms with Crippen molar-refractivity contribution in [1.82, 2.24) is 14.8 Å². The molecule has 1 aliphatic carbocycles. The molecule has 138 valence electrons.